The van der Waals surface area contributed by atoms with E-state index in [0.29, 0.717) is 12.1 Å². The zero-order valence-corrected chi connectivity index (χ0v) is 16.0. The van der Waals surface area contributed by atoms with Gasteiger partial charge in [-0.15, -0.1) is 0 Å². The first-order chi connectivity index (χ1) is 13.5. The number of alkyl carbamates (subject to hydrolysis) is 1. The highest BCUT2D eigenvalue weighted by Gasteiger charge is 2.30. The molecule has 0 spiro atoms. The fourth-order valence-electron chi connectivity index (χ4n) is 3.91. The summed E-state index contributed by atoms with van der Waals surface area (Å²) < 4.78 is 7.48. The molecule has 0 radical (unpaired) electrons. The van der Waals surface area contributed by atoms with Gasteiger partial charge in [0, 0.05) is 35.3 Å². The topological polar surface area (TPSA) is 79.9 Å². The lowest BCUT2D eigenvalue weighted by atomic mass is 10.1. The lowest BCUT2D eigenvalue weighted by Crippen LogP contribution is -2.37. The Labute approximate surface area is 163 Å². The van der Waals surface area contributed by atoms with Crippen molar-refractivity contribution in [3.8, 4) is 6.07 Å². The molecule has 28 heavy (non-hydrogen) atoms. The van der Waals surface area contributed by atoms with Gasteiger partial charge in [0.2, 0.25) is 0 Å². The van der Waals surface area contributed by atoms with E-state index in [9.17, 15) is 10.1 Å². The molecule has 2 aromatic heterocycles. The van der Waals surface area contributed by atoms with Gasteiger partial charge in [0.25, 0.3) is 0 Å². The largest absolute Gasteiger partial charge is 0.447 e. The van der Waals surface area contributed by atoms with Crippen LogP contribution >= 0.6 is 0 Å². The third kappa shape index (κ3) is 3.44. The van der Waals surface area contributed by atoms with E-state index in [2.05, 4.69) is 20.9 Å². The molecular weight excluding hydrogens is 352 g/mol. The third-order valence-corrected chi connectivity index (χ3v) is 5.02. The number of nitrogens with zero attached hydrogens (tertiary/aromatic N) is 3. The molecule has 0 fully saturated rings. The average Bonchev–Trinajstić information content (AvgIpc) is 3.19. The second-order valence-electron chi connectivity index (χ2n) is 7.38. The van der Waals surface area contributed by atoms with Crippen LogP contribution in [0, 0.1) is 11.3 Å². The van der Waals surface area contributed by atoms with Crippen LogP contribution in [0.15, 0.2) is 42.6 Å². The average molecular weight is 374 g/mol. The predicted molar refractivity (Wildman–Crippen MR) is 106 cm³/mol. The molecule has 0 saturated carbocycles. The fourth-order valence-corrected chi connectivity index (χ4v) is 3.91. The maximum Gasteiger partial charge on any atom is 0.407 e. The molecule has 1 aliphatic carbocycles. The molecule has 4 rings (SSSR count). The van der Waals surface area contributed by atoms with E-state index in [4.69, 9.17) is 4.74 Å². The Bertz CT molecular complexity index is 1060. The third-order valence-electron chi connectivity index (χ3n) is 5.02. The highest BCUT2D eigenvalue weighted by Crippen LogP contribution is 2.34. The molecule has 142 valence electrons. The number of benzene rings is 1. The molecule has 6 heteroatoms. The summed E-state index contributed by atoms with van der Waals surface area (Å²) in [5, 5.41) is 13.4. The van der Waals surface area contributed by atoms with E-state index in [0.717, 1.165) is 29.4 Å². The van der Waals surface area contributed by atoms with E-state index in [1.54, 1.807) is 6.20 Å². The number of nitrogens with one attached hydrogen (secondary N) is 1. The molecule has 3 aromatic rings. The zero-order valence-electron chi connectivity index (χ0n) is 16.0. The molecule has 1 aliphatic rings. The first-order valence-electron chi connectivity index (χ1n) is 9.46. The molecule has 6 nitrogen and oxygen atoms in total. The second kappa shape index (κ2) is 7.35. The maximum absolute atomic E-state index is 12.0. The molecule has 1 amide bonds. The van der Waals surface area contributed by atoms with E-state index in [-0.39, 0.29) is 18.2 Å². The smallest absolute Gasteiger partial charge is 0.407 e. The molecule has 0 bridgehead atoms. The minimum atomic E-state index is -0.386. The lowest BCUT2D eigenvalue weighted by molar-refractivity contribution is 0.112. The number of hydrogen-bond donors (Lipinski definition) is 1. The fraction of sp³-hybridized carbons (Fsp3) is 0.318. The van der Waals surface area contributed by atoms with Crippen LogP contribution in [0.4, 0.5) is 4.79 Å². The number of hydrogen-bond acceptors (Lipinski definition) is 4. The summed E-state index contributed by atoms with van der Waals surface area (Å²) in [6.07, 6.45) is 2.71. The predicted octanol–water partition coefficient (Wildman–Crippen LogP) is 3.56. The van der Waals surface area contributed by atoms with Crippen LogP contribution in [-0.4, -0.2) is 27.8 Å². The van der Waals surface area contributed by atoms with E-state index >= 15 is 0 Å². The standard InChI is InChI=1S/C22H22N4O2/c1-14(2)28-22(27)25-17-10-19-18-9-15(12-23)6-7-20(18)26(21(19)11-17)13-16-5-3-4-8-24-16/h3-9,14,17H,10-11,13H2,1-2H3,(H,25,27)/t17-/m0/s1. The summed E-state index contributed by atoms with van der Waals surface area (Å²) in [5.74, 6) is 0. The van der Waals surface area contributed by atoms with Crippen molar-refractivity contribution in [2.45, 2.75) is 45.4 Å². The van der Waals surface area contributed by atoms with Gasteiger partial charge < -0.3 is 14.6 Å². The van der Waals surface area contributed by atoms with E-state index in [1.165, 1.54) is 11.3 Å². The molecule has 0 unspecified atom stereocenters. The molecule has 1 aromatic carbocycles. The monoisotopic (exact) mass is 374 g/mol. The quantitative estimate of drug-likeness (QED) is 0.757. The number of rotatable bonds is 4. The van der Waals surface area contributed by atoms with Crippen molar-refractivity contribution >= 4 is 17.0 Å². The van der Waals surface area contributed by atoms with Crippen LogP contribution in [0.5, 0.6) is 0 Å². The van der Waals surface area contributed by atoms with Crippen LogP contribution in [0.3, 0.4) is 0 Å². The van der Waals surface area contributed by atoms with Gasteiger partial charge in [0.15, 0.2) is 0 Å². The molecule has 0 saturated heterocycles. The Hall–Kier alpha value is -3.33. The summed E-state index contributed by atoms with van der Waals surface area (Å²) in [6, 6.07) is 13.9. The van der Waals surface area contributed by atoms with Crippen LogP contribution in [0.25, 0.3) is 10.9 Å². The van der Waals surface area contributed by atoms with Gasteiger partial charge in [-0.05, 0) is 56.2 Å². The van der Waals surface area contributed by atoms with E-state index < -0.39 is 0 Å². The van der Waals surface area contributed by atoms with Crippen molar-refractivity contribution in [3.05, 3.63) is 65.1 Å². The first kappa shape index (κ1) is 18.1. The Morgan fingerprint density at radius 3 is 2.93 bits per heavy atom. The van der Waals surface area contributed by atoms with Crippen molar-refractivity contribution in [3.63, 3.8) is 0 Å². The second-order valence-corrected chi connectivity index (χ2v) is 7.38. The van der Waals surface area contributed by atoms with Crippen molar-refractivity contribution in [2.24, 2.45) is 0 Å². The normalized spacial score (nSPS) is 15.4. The minimum absolute atomic E-state index is 0.0126. The van der Waals surface area contributed by atoms with Crippen LogP contribution in [0.2, 0.25) is 0 Å². The van der Waals surface area contributed by atoms with Gasteiger partial charge in [-0.3, -0.25) is 4.98 Å². The summed E-state index contributed by atoms with van der Waals surface area (Å²) in [4.78, 5) is 16.5. The van der Waals surface area contributed by atoms with Crippen LogP contribution in [-0.2, 0) is 24.1 Å². The van der Waals surface area contributed by atoms with Gasteiger partial charge in [0.1, 0.15) is 0 Å². The first-order valence-corrected chi connectivity index (χ1v) is 9.46. The van der Waals surface area contributed by atoms with Crippen molar-refractivity contribution in [2.75, 3.05) is 0 Å². The SMILES string of the molecule is CC(C)OC(=O)N[C@H]1Cc2c(n(Cc3ccccn3)c3ccc(C#N)cc23)C1. The molecule has 0 aliphatic heterocycles. The van der Waals surface area contributed by atoms with Gasteiger partial charge in [-0.2, -0.15) is 5.26 Å². The molecule has 1 atom stereocenters. The number of nitriles is 1. The highest BCUT2D eigenvalue weighted by atomic mass is 16.6. The highest BCUT2D eigenvalue weighted by molar-refractivity contribution is 5.88. The van der Waals surface area contributed by atoms with E-state index in [1.807, 2.05) is 50.2 Å². The lowest BCUT2D eigenvalue weighted by Gasteiger charge is -2.16. The van der Waals surface area contributed by atoms with Gasteiger partial charge in [-0.25, -0.2) is 4.79 Å². The summed E-state index contributed by atoms with van der Waals surface area (Å²) in [7, 11) is 0. The molecule has 1 N–H and O–H groups in total. The minimum Gasteiger partial charge on any atom is -0.447 e. The number of carbonyl (C=O) groups excluding carboxylic acids is 1. The Balaban J connectivity index is 1.69. The number of aromatic nitrogens is 2. The van der Waals surface area contributed by atoms with Crippen molar-refractivity contribution in [1.82, 2.24) is 14.9 Å². The number of fused-ring (bicyclic) bond motifs is 3. The number of amides is 1. The summed E-state index contributed by atoms with van der Waals surface area (Å²) >= 11 is 0. The number of ether oxygens (including phenoxy) is 1. The number of carbonyl (C=O) groups is 1. The molecule has 2 heterocycles. The maximum atomic E-state index is 12.0. The summed E-state index contributed by atoms with van der Waals surface area (Å²) in [5.41, 5.74) is 5.09. The van der Waals surface area contributed by atoms with Gasteiger partial charge in [0.05, 0.1) is 30.0 Å². The Kier molecular flexibility index (Phi) is 4.74. The number of pyridine rings is 1. The van der Waals surface area contributed by atoms with Gasteiger partial charge in [-0.1, -0.05) is 6.07 Å². The van der Waals surface area contributed by atoms with Gasteiger partial charge >= 0.3 is 6.09 Å². The molecular formula is C22H22N4O2. The van der Waals surface area contributed by atoms with Crippen molar-refractivity contribution < 1.29 is 9.53 Å². The van der Waals surface area contributed by atoms with Crippen LogP contribution in [0.1, 0.15) is 36.4 Å². The zero-order chi connectivity index (χ0) is 19.7. The summed E-state index contributed by atoms with van der Waals surface area (Å²) in [6.45, 7) is 4.32. The Morgan fingerprint density at radius 2 is 2.21 bits per heavy atom. The van der Waals surface area contributed by atoms with Crippen molar-refractivity contribution in [1.29, 1.82) is 5.26 Å². The van der Waals surface area contributed by atoms with Crippen LogP contribution < -0.4 is 5.32 Å². The Morgan fingerprint density at radius 1 is 1.36 bits per heavy atom.